The topological polar surface area (TPSA) is 63.9 Å². The molecule has 0 aromatic heterocycles. The van der Waals surface area contributed by atoms with E-state index >= 15 is 0 Å². The Morgan fingerprint density at radius 2 is 2.07 bits per heavy atom. The van der Waals surface area contributed by atoms with Gasteiger partial charge in [-0.3, -0.25) is 0 Å². The molecule has 1 aromatic rings. The summed E-state index contributed by atoms with van der Waals surface area (Å²) in [5, 5.41) is 19.1. The highest BCUT2D eigenvalue weighted by Crippen LogP contribution is 2.20. The Balaban J connectivity index is 2.85. The van der Waals surface area contributed by atoms with Crippen molar-refractivity contribution in [3.8, 4) is 6.07 Å². The summed E-state index contributed by atoms with van der Waals surface area (Å²) in [4.78, 5) is 10.3. The predicted molar refractivity (Wildman–Crippen MR) is 52.1 cm³/mol. The van der Waals surface area contributed by atoms with Gasteiger partial charge in [0.1, 0.15) is 0 Å². The summed E-state index contributed by atoms with van der Waals surface area (Å²) in [6.45, 7) is 0. The van der Waals surface area contributed by atoms with E-state index in [1.165, 1.54) is 0 Å². The van der Waals surface area contributed by atoms with E-state index in [-0.39, 0.29) is 6.42 Å². The van der Waals surface area contributed by atoms with E-state index < -0.39 is 11.9 Å². The van der Waals surface area contributed by atoms with Crippen LogP contribution in [0.25, 0.3) is 0 Å². The van der Waals surface area contributed by atoms with Crippen LogP contribution >= 0.6 is 15.9 Å². The lowest BCUT2D eigenvalue weighted by Gasteiger charge is -2.09. The molecule has 0 aliphatic heterocycles. The molecule has 0 saturated carbocycles. The maximum Gasteiger partial charge on any atom is 0.0764 e. The molecule has 0 spiro atoms. The zero-order chi connectivity index (χ0) is 10.6. The van der Waals surface area contributed by atoms with Gasteiger partial charge >= 0.3 is 0 Å². The van der Waals surface area contributed by atoms with Crippen molar-refractivity contribution in [2.75, 3.05) is 0 Å². The Morgan fingerprint density at radius 1 is 1.50 bits per heavy atom. The van der Waals surface area contributed by atoms with Gasteiger partial charge in [-0.2, -0.15) is 5.26 Å². The Morgan fingerprint density at radius 3 is 2.50 bits per heavy atom. The van der Waals surface area contributed by atoms with Crippen molar-refractivity contribution in [2.24, 2.45) is 0 Å². The van der Waals surface area contributed by atoms with Crippen molar-refractivity contribution in [1.29, 1.82) is 5.26 Å². The maximum absolute atomic E-state index is 10.3. The molecule has 0 N–H and O–H groups in total. The van der Waals surface area contributed by atoms with Crippen LogP contribution in [-0.4, -0.2) is 5.97 Å². The summed E-state index contributed by atoms with van der Waals surface area (Å²) in [6, 6.07) is 8.92. The summed E-state index contributed by atoms with van der Waals surface area (Å²) >= 11 is 3.26. The van der Waals surface area contributed by atoms with Crippen LogP contribution in [-0.2, 0) is 4.79 Å². The second kappa shape index (κ2) is 4.77. The third-order valence-corrected chi connectivity index (χ3v) is 2.33. The Hall–Kier alpha value is -1.34. The minimum atomic E-state index is -1.21. The van der Waals surface area contributed by atoms with Gasteiger partial charge in [0, 0.05) is 16.9 Å². The van der Waals surface area contributed by atoms with Crippen molar-refractivity contribution in [3.63, 3.8) is 0 Å². The summed E-state index contributed by atoms with van der Waals surface area (Å²) < 4.78 is 0.895. The highest BCUT2D eigenvalue weighted by molar-refractivity contribution is 9.10. The molecule has 0 aliphatic carbocycles. The molecule has 0 aliphatic rings. The number of carbonyl (C=O) groups excluding carboxylic acids is 1. The number of rotatable bonds is 3. The number of aliphatic carboxylic acids is 1. The van der Waals surface area contributed by atoms with E-state index in [9.17, 15) is 9.90 Å². The van der Waals surface area contributed by atoms with E-state index in [0.29, 0.717) is 5.56 Å². The van der Waals surface area contributed by atoms with Crippen LogP contribution in [0.15, 0.2) is 28.7 Å². The fraction of sp³-hybridized carbons (Fsp3) is 0.200. The van der Waals surface area contributed by atoms with E-state index in [0.717, 1.165) is 4.47 Å². The van der Waals surface area contributed by atoms with Crippen LogP contribution in [0, 0.1) is 11.3 Å². The third kappa shape index (κ3) is 2.86. The van der Waals surface area contributed by atoms with E-state index in [1.807, 2.05) is 6.07 Å². The first-order chi connectivity index (χ1) is 6.63. The van der Waals surface area contributed by atoms with Crippen molar-refractivity contribution >= 4 is 21.9 Å². The van der Waals surface area contributed by atoms with Crippen LogP contribution in [0.4, 0.5) is 0 Å². The number of nitrogens with zero attached hydrogens (tertiary/aromatic N) is 1. The molecular formula is C10H7BrNO2-. The third-order valence-electron chi connectivity index (χ3n) is 1.80. The molecule has 0 unspecified atom stereocenters. The Labute approximate surface area is 90.1 Å². The van der Waals surface area contributed by atoms with Crippen LogP contribution < -0.4 is 5.11 Å². The molecule has 3 nitrogen and oxygen atoms in total. The van der Waals surface area contributed by atoms with Gasteiger partial charge < -0.3 is 9.90 Å². The molecule has 4 heteroatoms. The van der Waals surface area contributed by atoms with E-state index in [4.69, 9.17) is 5.26 Å². The maximum atomic E-state index is 10.3. The SMILES string of the molecule is N#C[C@@H](CC(=O)[O-])c1ccc(Br)cc1. The van der Waals surface area contributed by atoms with Gasteiger partial charge in [0.15, 0.2) is 0 Å². The number of halogens is 1. The van der Waals surface area contributed by atoms with Crippen molar-refractivity contribution < 1.29 is 9.90 Å². The second-order valence-corrected chi connectivity index (χ2v) is 3.73. The number of carbonyl (C=O) groups is 1. The molecule has 72 valence electrons. The van der Waals surface area contributed by atoms with Gasteiger partial charge in [0.05, 0.1) is 12.0 Å². The lowest BCUT2D eigenvalue weighted by Crippen LogP contribution is -2.24. The molecule has 1 rings (SSSR count). The van der Waals surface area contributed by atoms with Gasteiger partial charge in [-0.1, -0.05) is 28.1 Å². The number of nitriles is 1. The predicted octanol–water partition coefficient (Wildman–Crippen LogP) is 1.20. The molecule has 0 bridgehead atoms. The zero-order valence-corrected chi connectivity index (χ0v) is 8.82. The summed E-state index contributed by atoms with van der Waals surface area (Å²) in [6.07, 6.45) is -0.266. The molecular weight excluding hydrogens is 246 g/mol. The van der Waals surface area contributed by atoms with Crippen molar-refractivity contribution in [2.45, 2.75) is 12.3 Å². The monoisotopic (exact) mass is 252 g/mol. The molecule has 0 heterocycles. The minimum Gasteiger partial charge on any atom is -0.550 e. The Kier molecular flexibility index (Phi) is 3.66. The number of hydrogen-bond donors (Lipinski definition) is 0. The normalized spacial score (nSPS) is 11.7. The van der Waals surface area contributed by atoms with Gasteiger partial charge in [-0.05, 0) is 17.7 Å². The largest absolute Gasteiger partial charge is 0.550 e. The molecule has 0 radical (unpaired) electrons. The van der Waals surface area contributed by atoms with Crippen LogP contribution in [0.3, 0.4) is 0 Å². The standard InChI is InChI=1S/C10H8BrNO2/c11-9-3-1-7(2-4-9)8(6-12)5-10(13)14/h1-4,8H,5H2,(H,13,14)/p-1/t8-/m1/s1. The molecule has 0 amide bonds. The quantitative estimate of drug-likeness (QED) is 0.812. The second-order valence-electron chi connectivity index (χ2n) is 2.81. The molecule has 1 atom stereocenters. The van der Waals surface area contributed by atoms with Gasteiger partial charge in [-0.25, -0.2) is 0 Å². The fourth-order valence-corrected chi connectivity index (χ4v) is 1.36. The molecule has 0 saturated heterocycles. The fourth-order valence-electron chi connectivity index (χ4n) is 1.10. The first-order valence-electron chi connectivity index (χ1n) is 3.98. The lowest BCUT2D eigenvalue weighted by atomic mass is 9.98. The Bertz CT molecular complexity index is 367. The number of carboxylic acid groups (broad SMARTS) is 1. The van der Waals surface area contributed by atoms with Crippen molar-refractivity contribution in [3.05, 3.63) is 34.3 Å². The van der Waals surface area contributed by atoms with E-state index in [2.05, 4.69) is 15.9 Å². The smallest absolute Gasteiger partial charge is 0.0764 e. The minimum absolute atomic E-state index is 0.266. The number of carboxylic acids is 1. The highest BCUT2D eigenvalue weighted by atomic mass is 79.9. The average Bonchev–Trinajstić information content (AvgIpc) is 2.15. The molecule has 1 aromatic carbocycles. The van der Waals surface area contributed by atoms with Gasteiger partial charge in [0.25, 0.3) is 0 Å². The van der Waals surface area contributed by atoms with Crippen LogP contribution in [0.2, 0.25) is 0 Å². The number of benzene rings is 1. The first-order valence-corrected chi connectivity index (χ1v) is 4.77. The number of hydrogen-bond acceptors (Lipinski definition) is 3. The van der Waals surface area contributed by atoms with Gasteiger partial charge in [-0.15, -0.1) is 0 Å². The molecule has 14 heavy (non-hydrogen) atoms. The van der Waals surface area contributed by atoms with Crippen LogP contribution in [0.1, 0.15) is 17.9 Å². The molecule has 0 fully saturated rings. The van der Waals surface area contributed by atoms with Crippen LogP contribution in [0.5, 0.6) is 0 Å². The highest BCUT2D eigenvalue weighted by Gasteiger charge is 2.10. The first kappa shape index (κ1) is 10.7. The zero-order valence-electron chi connectivity index (χ0n) is 7.24. The lowest BCUT2D eigenvalue weighted by molar-refractivity contribution is -0.305. The van der Waals surface area contributed by atoms with E-state index in [1.54, 1.807) is 24.3 Å². The summed E-state index contributed by atoms with van der Waals surface area (Å²) in [5.41, 5.74) is 0.694. The van der Waals surface area contributed by atoms with Gasteiger partial charge in [0.2, 0.25) is 0 Å². The van der Waals surface area contributed by atoms with Crippen molar-refractivity contribution in [1.82, 2.24) is 0 Å². The average molecular weight is 253 g/mol. The summed E-state index contributed by atoms with van der Waals surface area (Å²) in [7, 11) is 0. The summed E-state index contributed by atoms with van der Waals surface area (Å²) in [5.74, 6) is -1.84.